The third kappa shape index (κ3) is 5.84. The fraction of sp³-hybridized carbons (Fsp3) is 1.00. The van der Waals surface area contributed by atoms with Crippen molar-refractivity contribution >= 4 is 11.6 Å². The SMILES string of the molecule is CCCC(C)CN(CC)CCCl. The fourth-order valence-electron chi connectivity index (χ4n) is 1.52. The molecule has 0 aromatic carbocycles. The quantitative estimate of drug-likeness (QED) is 0.560. The van der Waals surface area contributed by atoms with Gasteiger partial charge in [-0.3, -0.25) is 0 Å². The molecule has 0 aromatic rings. The van der Waals surface area contributed by atoms with Gasteiger partial charge in [-0.2, -0.15) is 0 Å². The highest BCUT2D eigenvalue weighted by Crippen LogP contribution is 2.07. The van der Waals surface area contributed by atoms with Gasteiger partial charge < -0.3 is 4.90 Å². The summed E-state index contributed by atoms with van der Waals surface area (Å²) in [4.78, 5) is 2.42. The lowest BCUT2D eigenvalue weighted by atomic mass is 10.1. The molecule has 0 aliphatic heterocycles. The van der Waals surface area contributed by atoms with Crippen LogP contribution in [0.1, 0.15) is 33.6 Å². The maximum Gasteiger partial charge on any atom is 0.0351 e. The Hall–Kier alpha value is 0.250. The van der Waals surface area contributed by atoms with Crippen molar-refractivity contribution in [1.29, 1.82) is 0 Å². The predicted molar refractivity (Wildman–Crippen MR) is 56.9 cm³/mol. The monoisotopic (exact) mass is 191 g/mol. The Morgan fingerprint density at radius 2 is 2.00 bits per heavy atom. The lowest BCUT2D eigenvalue weighted by Crippen LogP contribution is -2.30. The zero-order chi connectivity index (χ0) is 9.40. The van der Waals surface area contributed by atoms with Crippen LogP contribution in [0.25, 0.3) is 0 Å². The van der Waals surface area contributed by atoms with Crippen LogP contribution in [0.2, 0.25) is 0 Å². The number of alkyl halides is 1. The third-order valence-corrected chi connectivity index (χ3v) is 2.37. The van der Waals surface area contributed by atoms with E-state index in [0.29, 0.717) is 0 Å². The summed E-state index contributed by atoms with van der Waals surface area (Å²) in [6, 6.07) is 0. The molecule has 0 spiro atoms. The molecule has 0 aliphatic carbocycles. The van der Waals surface area contributed by atoms with Crippen LogP contribution in [0.4, 0.5) is 0 Å². The molecule has 12 heavy (non-hydrogen) atoms. The number of hydrogen-bond donors (Lipinski definition) is 0. The second-order valence-electron chi connectivity index (χ2n) is 3.48. The minimum atomic E-state index is 0.757. The summed E-state index contributed by atoms with van der Waals surface area (Å²) < 4.78 is 0. The van der Waals surface area contributed by atoms with Crippen molar-refractivity contribution in [2.24, 2.45) is 5.92 Å². The molecule has 0 radical (unpaired) electrons. The summed E-state index contributed by atoms with van der Waals surface area (Å²) in [5.74, 6) is 1.57. The maximum atomic E-state index is 5.69. The summed E-state index contributed by atoms with van der Waals surface area (Å²) in [6.45, 7) is 10.1. The molecule has 1 nitrogen and oxygen atoms in total. The van der Waals surface area contributed by atoms with E-state index in [2.05, 4.69) is 25.7 Å². The first kappa shape index (κ1) is 12.2. The Morgan fingerprint density at radius 3 is 2.42 bits per heavy atom. The highest BCUT2D eigenvalue weighted by molar-refractivity contribution is 6.18. The smallest absolute Gasteiger partial charge is 0.0351 e. The van der Waals surface area contributed by atoms with E-state index in [9.17, 15) is 0 Å². The van der Waals surface area contributed by atoms with Crippen LogP contribution in [-0.2, 0) is 0 Å². The molecule has 2 heteroatoms. The average Bonchev–Trinajstić information content (AvgIpc) is 2.04. The van der Waals surface area contributed by atoms with Gasteiger partial charge in [0.15, 0.2) is 0 Å². The molecule has 0 bridgehead atoms. The van der Waals surface area contributed by atoms with Gasteiger partial charge in [-0.15, -0.1) is 11.6 Å². The summed E-state index contributed by atoms with van der Waals surface area (Å²) in [5.41, 5.74) is 0. The second kappa shape index (κ2) is 7.88. The van der Waals surface area contributed by atoms with Crippen molar-refractivity contribution in [2.45, 2.75) is 33.6 Å². The molecule has 0 amide bonds. The zero-order valence-corrected chi connectivity index (χ0v) is 9.40. The highest BCUT2D eigenvalue weighted by Gasteiger charge is 2.06. The van der Waals surface area contributed by atoms with Gasteiger partial charge in [0, 0.05) is 19.0 Å². The molecule has 0 N–H and O–H groups in total. The summed E-state index contributed by atoms with van der Waals surface area (Å²) in [7, 11) is 0. The Bertz CT molecular complexity index is 95.8. The summed E-state index contributed by atoms with van der Waals surface area (Å²) in [5, 5.41) is 0. The van der Waals surface area contributed by atoms with E-state index in [1.807, 2.05) is 0 Å². The molecule has 1 unspecified atom stereocenters. The van der Waals surface area contributed by atoms with Gasteiger partial charge in [-0.1, -0.05) is 27.2 Å². The number of hydrogen-bond acceptors (Lipinski definition) is 1. The fourth-order valence-corrected chi connectivity index (χ4v) is 1.76. The normalized spacial score (nSPS) is 13.8. The molecule has 0 heterocycles. The van der Waals surface area contributed by atoms with E-state index in [1.54, 1.807) is 0 Å². The third-order valence-electron chi connectivity index (χ3n) is 2.20. The van der Waals surface area contributed by atoms with Crippen molar-refractivity contribution < 1.29 is 0 Å². The second-order valence-corrected chi connectivity index (χ2v) is 3.85. The largest absolute Gasteiger partial charge is 0.302 e. The van der Waals surface area contributed by atoms with E-state index in [-0.39, 0.29) is 0 Å². The van der Waals surface area contributed by atoms with Gasteiger partial charge in [0.25, 0.3) is 0 Å². The maximum absolute atomic E-state index is 5.69. The van der Waals surface area contributed by atoms with Crippen molar-refractivity contribution in [2.75, 3.05) is 25.5 Å². The van der Waals surface area contributed by atoms with E-state index in [1.165, 1.54) is 19.4 Å². The highest BCUT2D eigenvalue weighted by atomic mass is 35.5. The predicted octanol–water partition coefficient (Wildman–Crippen LogP) is 2.98. The number of nitrogens with zero attached hydrogens (tertiary/aromatic N) is 1. The van der Waals surface area contributed by atoms with Crippen molar-refractivity contribution in [3.63, 3.8) is 0 Å². The van der Waals surface area contributed by atoms with Crippen LogP contribution >= 0.6 is 11.6 Å². The molecule has 0 fully saturated rings. The topological polar surface area (TPSA) is 3.24 Å². The van der Waals surface area contributed by atoms with Crippen molar-refractivity contribution in [1.82, 2.24) is 4.90 Å². The van der Waals surface area contributed by atoms with E-state index >= 15 is 0 Å². The van der Waals surface area contributed by atoms with Gasteiger partial charge in [-0.05, 0) is 18.9 Å². The molecule has 0 saturated carbocycles. The summed E-state index contributed by atoms with van der Waals surface area (Å²) in [6.07, 6.45) is 2.62. The Balaban J connectivity index is 3.53. The molecular formula is C10H22ClN. The van der Waals surface area contributed by atoms with Crippen molar-refractivity contribution in [3.05, 3.63) is 0 Å². The first-order chi connectivity index (χ1) is 5.74. The van der Waals surface area contributed by atoms with Crippen LogP contribution in [0.5, 0.6) is 0 Å². The number of halogens is 1. The first-order valence-corrected chi connectivity index (χ1v) is 5.56. The molecule has 74 valence electrons. The molecule has 0 saturated heterocycles. The first-order valence-electron chi connectivity index (χ1n) is 5.02. The minimum absolute atomic E-state index is 0.757. The van der Waals surface area contributed by atoms with Crippen LogP contribution in [0.3, 0.4) is 0 Å². The Morgan fingerprint density at radius 1 is 1.33 bits per heavy atom. The van der Waals surface area contributed by atoms with Gasteiger partial charge in [0.1, 0.15) is 0 Å². The van der Waals surface area contributed by atoms with Gasteiger partial charge >= 0.3 is 0 Å². The lowest BCUT2D eigenvalue weighted by Gasteiger charge is -2.22. The Kier molecular flexibility index (Phi) is 8.04. The average molecular weight is 192 g/mol. The summed E-state index contributed by atoms with van der Waals surface area (Å²) >= 11 is 5.69. The van der Waals surface area contributed by atoms with Gasteiger partial charge in [0.2, 0.25) is 0 Å². The molecular weight excluding hydrogens is 170 g/mol. The standard InChI is InChI=1S/C10H22ClN/c1-4-6-10(3)9-12(5-2)8-7-11/h10H,4-9H2,1-3H3. The van der Waals surface area contributed by atoms with Crippen LogP contribution in [0.15, 0.2) is 0 Å². The van der Waals surface area contributed by atoms with Gasteiger partial charge in [-0.25, -0.2) is 0 Å². The van der Waals surface area contributed by atoms with Crippen LogP contribution in [0, 0.1) is 5.92 Å². The Labute approximate surface area is 82.1 Å². The molecule has 1 atom stereocenters. The number of rotatable bonds is 7. The van der Waals surface area contributed by atoms with E-state index in [0.717, 1.165) is 24.9 Å². The van der Waals surface area contributed by atoms with Crippen LogP contribution < -0.4 is 0 Å². The zero-order valence-electron chi connectivity index (χ0n) is 8.65. The molecule has 0 aromatic heterocycles. The molecule has 0 aliphatic rings. The van der Waals surface area contributed by atoms with Gasteiger partial charge in [0.05, 0.1) is 0 Å². The van der Waals surface area contributed by atoms with Crippen LogP contribution in [-0.4, -0.2) is 30.4 Å². The van der Waals surface area contributed by atoms with Crippen molar-refractivity contribution in [3.8, 4) is 0 Å². The molecule has 0 rings (SSSR count). The van der Waals surface area contributed by atoms with E-state index < -0.39 is 0 Å². The lowest BCUT2D eigenvalue weighted by molar-refractivity contribution is 0.255. The minimum Gasteiger partial charge on any atom is -0.302 e. The van der Waals surface area contributed by atoms with E-state index in [4.69, 9.17) is 11.6 Å².